The topological polar surface area (TPSA) is 66.7 Å². The van der Waals surface area contributed by atoms with E-state index in [1.54, 1.807) is 4.90 Å². The van der Waals surface area contributed by atoms with Crippen LogP contribution in [0.2, 0.25) is 0 Å². The van der Waals surface area contributed by atoms with Gasteiger partial charge in [-0.3, -0.25) is 9.59 Å². The Morgan fingerprint density at radius 2 is 1.71 bits per heavy atom. The van der Waals surface area contributed by atoms with Crippen molar-refractivity contribution in [1.29, 1.82) is 0 Å². The van der Waals surface area contributed by atoms with E-state index in [0.717, 1.165) is 5.39 Å². The number of piperazine rings is 1. The second-order valence-corrected chi connectivity index (χ2v) is 7.23. The molecule has 0 N–H and O–H groups in total. The number of aromatic nitrogens is 1. The quantitative estimate of drug-likeness (QED) is 0.846. The predicted molar refractivity (Wildman–Crippen MR) is 90.3 cm³/mol. The lowest BCUT2D eigenvalue weighted by molar-refractivity contribution is -0.144. The molecule has 1 fully saturated rings. The Bertz CT molecular complexity index is 752. The van der Waals surface area contributed by atoms with Crippen LogP contribution in [-0.2, 0) is 16.0 Å². The maximum absolute atomic E-state index is 12.5. The van der Waals surface area contributed by atoms with Gasteiger partial charge < -0.3 is 14.3 Å². The number of hydrogen-bond donors (Lipinski definition) is 0. The van der Waals surface area contributed by atoms with E-state index in [9.17, 15) is 9.59 Å². The lowest BCUT2D eigenvalue weighted by atomic mass is 9.94. The fourth-order valence-corrected chi connectivity index (χ4v) is 2.95. The number of carbonyl (C=O) groups excluding carboxylic acids is 2. The minimum absolute atomic E-state index is 0.0249. The van der Waals surface area contributed by atoms with Crippen molar-refractivity contribution in [2.24, 2.45) is 5.41 Å². The maximum atomic E-state index is 12.5. The van der Waals surface area contributed by atoms with Crippen molar-refractivity contribution in [1.82, 2.24) is 15.0 Å². The maximum Gasteiger partial charge on any atom is 0.228 e. The minimum Gasteiger partial charge on any atom is -0.356 e. The second-order valence-electron chi connectivity index (χ2n) is 7.23. The smallest absolute Gasteiger partial charge is 0.228 e. The zero-order valence-electron chi connectivity index (χ0n) is 14.4. The highest BCUT2D eigenvalue weighted by Crippen LogP contribution is 2.20. The van der Waals surface area contributed by atoms with Crippen molar-refractivity contribution >= 4 is 22.8 Å². The molecule has 2 aromatic rings. The van der Waals surface area contributed by atoms with E-state index >= 15 is 0 Å². The highest BCUT2D eigenvalue weighted by molar-refractivity contribution is 5.86. The molecule has 1 aromatic heterocycles. The fraction of sp³-hybridized carbons (Fsp3) is 0.500. The largest absolute Gasteiger partial charge is 0.356 e. The van der Waals surface area contributed by atoms with Gasteiger partial charge in [-0.2, -0.15) is 0 Å². The van der Waals surface area contributed by atoms with Gasteiger partial charge in [-0.05, 0) is 12.1 Å². The summed E-state index contributed by atoms with van der Waals surface area (Å²) in [6, 6.07) is 7.54. The van der Waals surface area contributed by atoms with Crippen LogP contribution < -0.4 is 0 Å². The molecular weight excluding hydrogens is 306 g/mol. The van der Waals surface area contributed by atoms with E-state index < -0.39 is 0 Å². The molecule has 1 aliphatic rings. The Hall–Kier alpha value is -2.37. The summed E-state index contributed by atoms with van der Waals surface area (Å²) in [4.78, 5) is 28.5. The van der Waals surface area contributed by atoms with Crippen LogP contribution in [0.4, 0.5) is 0 Å². The molecule has 6 heteroatoms. The number of fused-ring (bicyclic) bond motifs is 1. The molecule has 0 radical (unpaired) electrons. The average Bonchev–Trinajstić information content (AvgIpc) is 2.96. The minimum atomic E-state index is -0.383. The summed E-state index contributed by atoms with van der Waals surface area (Å²) in [5, 5.41) is 4.90. The molecule has 1 aromatic carbocycles. The normalized spacial score (nSPS) is 15.8. The molecule has 0 aliphatic carbocycles. The first-order valence-electron chi connectivity index (χ1n) is 8.27. The van der Waals surface area contributed by atoms with Gasteiger partial charge in [0.2, 0.25) is 11.8 Å². The van der Waals surface area contributed by atoms with Gasteiger partial charge in [0.25, 0.3) is 0 Å². The van der Waals surface area contributed by atoms with Crippen LogP contribution in [0.5, 0.6) is 0 Å². The van der Waals surface area contributed by atoms with E-state index in [1.165, 1.54) is 0 Å². The first-order chi connectivity index (χ1) is 11.4. The number of benzene rings is 1. The van der Waals surface area contributed by atoms with E-state index in [-0.39, 0.29) is 23.7 Å². The van der Waals surface area contributed by atoms with E-state index in [0.29, 0.717) is 37.5 Å². The van der Waals surface area contributed by atoms with Gasteiger partial charge in [0, 0.05) is 37.0 Å². The molecule has 1 aliphatic heterocycles. The molecule has 0 atom stereocenters. The standard InChI is InChI=1S/C18H23N3O3/c1-18(2,3)17(23)21-10-8-20(9-11-21)16(22)12-14-13-6-4-5-7-15(13)24-19-14/h4-7H,8-12H2,1-3H3. The Morgan fingerprint density at radius 3 is 2.38 bits per heavy atom. The summed E-state index contributed by atoms with van der Waals surface area (Å²) in [6.07, 6.45) is 0.226. The molecule has 2 amide bonds. The molecule has 6 nitrogen and oxygen atoms in total. The van der Waals surface area contributed by atoms with Crippen molar-refractivity contribution < 1.29 is 14.1 Å². The summed E-state index contributed by atoms with van der Waals surface area (Å²) >= 11 is 0. The van der Waals surface area contributed by atoms with Gasteiger partial charge in [-0.15, -0.1) is 0 Å². The van der Waals surface area contributed by atoms with Crippen molar-refractivity contribution in [2.45, 2.75) is 27.2 Å². The fourth-order valence-electron chi connectivity index (χ4n) is 2.95. The zero-order chi connectivity index (χ0) is 17.3. The SMILES string of the molecule is CC(C)(C)C(=O)N1CCN(C(=O)Cc2noc3ccccc23)CC1. The summed E-state index contributed by atoms with van der Waals surface area (Å²) in [6.45, 7) is 8.06. The predicted octanol–water partition coefficient (Wildman–Crippen LogP) is 2.09. The van der Waals surface area contributed by atoms with Crippen LogP contribution in [0.25, 0.3) is 11.0 Å². The summed E-state index contributed by atoms with van der Waals surface area (Å²) in [5.41, 5.74) is 0.982. The third kappa shape index (κ3) is 3.27. The van der Waals surface area contributed by atoms with Gasteiger partial charge in [-0.25, -0.2) is 0 Å². The van der Waals surface area contributed by atoms with Crippen molar-refractivity contribution in [3.8, 4) is 0 Å². The number of para-hydroxylation sites is 1. The Labute approximate surface area is 141 Å². The summed E-state index contributed by atoms with van der Waals surface area (Å²) < 4.78 is 5.25. The molecular formula is C18H23N3O3. The monoisotopic (exact) mass is 329 g/mol. The highest BCUT2D eigenvalue weighted by atomic mass is 16.5. The van der Waals surface area contributed by atoms with Crippen molar-refractivity contribution in [2.75, 3.05) is 26.2 Å². The number of amides is 2. The van der Waals surface area contributed by atoms with Crippen LogP contribution in [0.3, 0.4) is 0 Å². The molecule has 128 valence electrons. The average molecular weight is 329 g/mol. The van der Waals surface area contributed by atoms with Crippen molar-refractivity contribution in [3.05, 3.63) is 30.0 Å². The van der Waals surface area contributed by atoms with Gasteiger partial charge in [0.1, 0.15) is 5.69 Å². The zero-order valence-corrected chi connectivity index (χ0v) is 14.4. The van der Waals surface area contributed by atoms with E-state index in [4.69, 9.17) is 4.52 Å². The lowest BCUT2D eigenvalue weighted by Crippen LogP contribution is -2.53. The Balaban J connectivity index is 1.61. The Morgan fingerprint density at radius 1 is 1.08 bits per heavy atom. The molecule has 0 unspecified atom stereocenters. The molecule has 0 spiro atoms. The number of nitrogens with zero attached hydrogens (tertiary/aromatic N) is 3. The first-order valence-corrected chi connectivity index (χ1v) is 8.27. The molecule has 1 saturated heterocycles. The van der Waals surface area contributed by atoms with Crippen LogP contribution in [0.1, 0.15) is 26.5 Å². The van der Waals surface area contributed by atoms with Crippen LogP contribution in [0.15, 0.2) is 28.8 Å². The molecule has 24 heavy (non-hydrogen) atoms. The van der Waals surface area contributed by atoms with Gasteiger partial charge in [-0.1, -0.05) is 38.1 Å². The summed E-state index contributed by atoms with van der Waals surface area (Å²) in [5.74, 6) is 0.161. The summed E-state index contributed by atoms with van der Waals surface area (Å²) in [7, 11) is 0. The third-order valence-electron chi connectivity index (χ3n) is 4.33. The second kappa shape index (κ2) is 6.26. The first kappa shape index (κ1) is 16.5. The van der Waals surface area contributed by atoms with E-state index in [2.05, 4.69) is 5.16 Å². The van der Waals surface area contributed by atoms with Crippen LogP contribution in [-0.4, -0.2) is 52.9 Å². The van der Waals surface area contributed by atoms with Gasteiger partial charge in [0.05, 0.1) is 6.42 Å². The highest BCUT2D eigenvalue weighted by Gasteiger charge is 2.31. The lowest BCUT2D eigenvalue weighted by Gasteiger charge is -2.37. The molecule has 3 rings (SSSR count). The van der Waals surface area contributed by atoms with Gasteiger partial charge in [0.15, 0.2) is 5.58 Å². The molecule has 0 bridgehead atoms. The van der Waals surface area contributed by atoms with Crippen molar-refractivity contribution in [3.63, 3.8) is 0 Å². The number of carbonyl (C=O) groups is 2. The Kier molecular flexibility index (Phi) is 4.30. The number of rotatable bonds is 2. The van der Waals surface area contributed by atoms with Crippen LogP contribution >= 0.6 is 0 Å². The number of hydrogen-bond acceptors (Lipinski definition) is 4. The van der Waals surface area contributed by atoms with Crippen LogP contribution in [0, 0.1) is 5.41 Å². The van der Waals surface area contributed by atoms with E-state index in [1.807, 2.05) is 49.9 Å². The third-order valence-corrected chi connectivity index (χ3v) is 4.33. The van der Waals surface area contributed by atoms with Gasteiger partial charge >= 0.3 is 0 Å². The molecule has 0 saturated carbocycles. The molecule has 2 heterocycles.